The summed E-state index contributed by atoms with van der Waals surface area (Å²) in [6.45, 7) is 3.56. The van der Waals surface area contributed by atoms with Crippen LogP contribution in [0.1, 0.15) is 26.2 Å². The van der Waals surface area contributed by atoms with Gasteiger partial charge in [-0.2, -0.15) is 0 Å². The molecule has 3 N–H and O–H groups in total. The van der Waals surface area contributed by atoms with Crippen LogP contribution in [0, 0.1) is 0 Å². The molecule has 1 amide bonds. The zero-order valence-corrected chi connectivity index (χ0v) is 16.5. The van der Waals surface area contributed by atoms with E-state index in [9.17, 15) is 13.2 Å². The third kappa shape index (κ3) is 5.57. The number of nitrogens with zero attached hydrogens (tertiary/aromatic N) is 1. The van der Waals surface area contributed by atoms with Crippen molar-refractivity contribution < 1.29 is 13.2 Å². The Morgan fingerprint density at radius 2 is 2.04 bits per heavy atom. The standard InChI is InChI=1S/C16H26N4O3S.ClH/c1-4-17-14-8-7-13(24(22,23)20(2)3)11-15(14)19-16(21)10-12-6-5-9-18-12;/h7-8,11-12,17-18H,4-6,9-10H2,1-3H3,(H,19,21);1H. The molecular weight excluding hydrogens is 364 g/mol. The maximum Gasteiger partial charge on any atom is 0.242 e. The van der Waals surface area contributed by atoms with Crippen LogP contribution in [-0.2, 0) is 14.8 Å². The molecular formula is C16H27ClN4O3S. The average Bonchev–Trinajstić information content (AvgIpc) is 3.01. The normalized spacial score (nSPS) is 17.2. The molecule has 9 heteroatoms. The molecule has 1 unspecified atom stereocenters. The van der Waals surface area contributed by atoms with Crippen molar-refractivity contribution in [2.45, 2.75) is 37.1 Å². The van der Waals surface area contributed by atoms with Crippen LogP contribution in [0.25, 0.3) is 0 Å². The number of halogens is 1. The Hall–Kier alpha value is -1.35. The molecule has 1 aromatic rings. The molecule has 0 saturated carbocycles. The van der Waals surface area contributed by atoms with Crippen molar-refractivity contribution >= 4 is 39.7 Å². The minimum Gasteiger partial charge on any atom is -0.384 e. The van der Waals surface area contributed by atoms with E-state index in [4.69, 9.17) is 0 Å². The monoisotopic (exact) mass is 390 g/mol. The van der Waals surface area contributed by atoms with Crippen LogP contribution in [0.4, 0.5) is 11.4 Å². The van der Waals surface area contributed by atoms with Crippen molar-refractivity contribution in [2.24, 2.45) is 0 Å². The van der Waals surface area contributed by atoms with Gasteiger partial charge >= 0.3 is 0 Å². The first-order chi connectivity index (χ1) is 11.3. The van der Waals surface area contributed by atoms with Crippen LogP contribution >= 0.6 is 12.4 Å². The van der Waals surface area contributed by atoms with Crippen LogP contribution in [0.5, 0.6) is 0 Å². The average molecular weight is 391 g/mol. The summed E-state index contributed by atoms with van der Waals surface area (Å²) in [4.78, 5) is 12.4. The number of sulfonamides is 1. The number of anilines is 2. The van der Waals surface area contributed by atoms with E-state index in [-0.39, 0.29) is 29.3 Å². The molecule has 1 aromatic carbocycles. The second-order valence-electron chi connectivity index (χ2n) is 6.07. The molecule has 1 atom stereocenters. The fourth-order valence-corrected chi connectivity index (χ4v) is 3.63. The van der Waals surface area contributed by atoms with Gasteiger partial charge in [-0.1, -0.05) is 0 Å². The van der Waals surface area contributed by atoms with Gasteiger partial charge in [-0.15, -0.1) is 12.4 Å². The Labute approximate surface area is 156 Å². The molecule has 2 rings (SSSR count). The number of rotatable bonds is 7. The maximum absolute atomic E-state index is 12.3. The summed E-state index contributed by atoms with van der Waals surface area (Å²) in [5, 5.41) is 9.28. The number of nitrogens with one attached hydrogen (secondary N) is 3. The Morgan fingerprint density at radius 3 is 2.60 bits per heavy atom. The molecule has 0 bridgehead atoms. The topological polar surface area (TPSA) is 90.5 Å². The molecule has 1 aliphatic rings. The molecule has 0 aliphatic carbocycles. The van der Waals surface area contributed by atoms with Crippen LogP contribution in [0.3, 0.4) is 0 Å². The summed E-state index contributed by atoms with van der Waals surface area (Å²) >= 11 is 0. The van der Waals surface area contributed by atoms with Crippen molar-refractivity contribution in [3.05, 3.63) is 18.2 Å². The van der Waals surface area contributed by atoms with E-state index in [0.717, 1.165) is 23.7 Å². The summed E-state index contributed by atoms with van der Waals surface area (Å²) in [5.74, 6) is -0.118. The van der Waals surface area contributed by atoms with Crippen LogP contribution in [0.15, 0.2) is 23.1 Å². The molecule has 0 aromatic heterocycles. The third-order valence-corrected chi connectivity index (χ3v) is 5.82. The number of benzene rings is 1. The number of carbonyl (C=O) groups excluding carboxylic acids is 1. The number of hydrogen-bond donors (Lipinski definition) is 3. The van der Waals surface area contributed by atoms with Gasteiger partial charge in [0.15, 0.2) is 0 Å². The fraction of sp³-hybridized carbons (Fsp3) is 0.562. The largest absolute Gasteiger partial charge is 0.384 e. The number of carbonyl (C=O) groups is 1. The molecule has 0 spiro atoms. The van der Waals surface area contributed by atoms with Crippen molar-refractivity contribution in [1.29, 1.82) is 0 Å². The summed E-state index contributed by atoms with van der Waals surface area (Å²) in [5.41, 5.74) is 1.20. The first-order valence-corrected chi connectivity index (χ1v) is 9.62. The minimum atomic E-state index is -3.55. The van der Waals surface area contributed by atoms with E-state index in [0.29, 0.717) is 24.3 Å². The van der Waals surface area contributed by atoms with Gasteiger partial charge in [0.1, 0.15) is 0 Å². The van der Waals surface area contributed by atoms with Crippen molar-refractivity contribution in [3.63, 3.8) is 0 Å². The van der Waals surface area contributed by atoms with Gasteiger partial charge in [-0.25, -0.2) is 12.7 Å². The predicted molar refractivity (Wildman–Crippen MR) is 103 cm³/mol. The minimum absolute atomic E-state index is 0. The summed E-state index contributed by atoms with van der Waals surface area (Å²) < 4.78 is 25.8. The van der Waals surface area contributed by atoms with Crippen LogP contribution in [-0.4, -0.2) is 51.9 Å². The van der Waals surface area contributed by atoms with Crippen molar-refractivity contribution in [2.75, 3.05) is 37.8 Å². The Kier molecular flexibility index (Phi) is 8.14. The molecule has 1 saturated heterocycles. The Bertz CT molecular complexity index is 689. The fourth-order valence-electron chi connectivity index (χ4n) is 2.70. The van der Waals surface area contributed by atoms with Crippen LogP contribution < -0.4 is 16.0 Å². The van der Waals surface area contributed by atoms with Crippen molar-refractivity contribution in [3.8, 4) is 0 Å². The van der Waals surface area contributed by atoms with E-state index >= 15 is 0 Å². The zero-order valence-electron chi connectivity index (χ0n) is 14.8. The van der Waals surface area contributed by atoms with Gasteiger partial charge in [0.05, 0.1) is 16.3 Å². The second-order valence-corrected chi connectivity index (χ2v) is 8.22. The van der Waals surface area contributed by atoms with E-state index in [1.54, 1.807) is 12.1 Å². The lowest BCUT2D eigenvalue weighted by Gasteiger charge is -2.17. The summed E-state index contributed by atoms with van der Waals surface area (Å²) in [6.07, 6.45) is 2.45. The highest BCUT2D eigenvalue weighted by Gasteiger charge is 2.21. The Balaban J connectivity index is 0.00000312. The van der Waals surface area contributed by atoms with Crippen molar-refractivity contribution in [1.82, 2.24) is 9.62 Å². The summed E-state index contributed by atoms with van der Waals surface area (Å²) in [6, 6.07) is 4.93. The highest BCUT2D eigenvalue weighted by atomic mass is 35.5. The highest BCUT2D eigenvalue weighted by Crippen LogP contribution is 2.27. The summed E-state index contributed by atoms with van der Waals surface area (Å²) in [7, 11) is -0.580. The highest BCUT2D eigenvalue weighted by molar-refractivity contribution is 7.89. The molecule has 0 radical (unpaired) electrons. The third-order valence-electron chi connectivity index (χ3n) is 4.01. The Morgan fingerprint density at radius 1 is 1.32 bits per heavy atom. The molecule has 1 aliphatic heterocycles. The van der Waals surface area contributed by atoms with E-state index in [1.165, 1.54) is 20.2 Å². The van der Waals surface area contributed by atoms with E-state index in [1.807, 2.05) is 6.92 Å². The molecule has 1 fully saturated rings. The number of hydrogen-bond acceptors (Lipinski definition) is 5. The van der Waals surface area contributed by atoms with E-state index < -0.39 is 10.0 Å². The smallest absolute Gasteiger partial charge is 0.242 e. The van der Waals surface area contributed by atoms with Gasteiger partial charge < -0.3 is 16.0 Å². The lowest BCUT2D eigenvalue weighted by Crippen LogP contribution is -2.28. The first-order valence-electron chi connectivity index (χ1n) is 8.18. The van der Waals surface area contributed by atoms with Gasteiger partial charge in [0, 0.05) is 33.1 Å². The molecule has 1 heterocycles. The molecule has 7 nitrogen and oxygen atoms in total. The number of amides is 1. The van der Waals surface area contributed by atoms with Gasteiger partial charge in [-0.05, 0) is 44.5 Å². The van der Waals surface area contributed by atoms with Crippen LogP contribution in [0.2, 0.25) is 0 Å². The quantitative estimate of drug-likeness (QED) is 0.661. The first kappa shape index (κ1) is 21.7. The lowest BCUT2D eigenvalue weighted by atomic mass is 10.1. The maximum atomic E-state index is 12.3. The zero-order chi connectivity index (χ0) is 17.7. The van der Waals surface area contributed by atoms with Gasteiger partial charge in [0.25, 0.3) is 0 Å². The molecule has 25 heavy (non-hydrogen) atoms. The second kappa shape index (κ2) is 9.38. The predicted octanol–water partition coefficient (Wildman–Crippen LogP) is 1.87. The van der Waals surface area contributed by atoms with Gasteiger partial charge in [-0.3, -0.25) is 4.79 Å². The SMILES string of the molecule is CCNc1ccc(S(=O)(=O)N(C)C)cc1NC(=O)CC1CCCN1.Cl. The lowest BCUT2D eigenvalue weighted by molar-refractivity contribution is -0.116. The van der Waals surface area contributed by atoms with E-state index in [2.05, 4.69) is 16.0 Å². The van der Waals surface area contributed by atoms with Gasteiger partial charge in [0.2, 0.25) is 15.9 Å². The molecule has 142 valence electrons.